The van der Waals surface area contributed by atoms with E-state index in [1.54, 1.807) is 43.5 Å². The van der Waals surface area contributed by atoms with Crippen LogP contribution >= 0.6 is 23.4 Å². The van der Waals surface area contributed by atoms with Gasteiger partial charge in [-0.2, -0.15) is 0 Å². The third-order valence-electron chi connectivity index (χ3n) is 4.38. The highest BCUT2D eigenvalue weighted by Crippen LogP contribution is 2.40. The number of ether oxygens (including phenoxy) is 2. The topological polar surface area (TPSA) is 84.9 Å². The second-order valence-electron chi connectivity index (χ2n) is 6.03. The summed E-state index contributed by atoms with van der Waals surface area (Å²) >= 11 is 7.19. The number of amides is 2. The summed E-state index contributed by atoms with van der Waals surface area (Å²) in [6.45, 7) is 0.0642. The molecule has 3 rings (SSSR count). The number of esters is 1. The van der Waals surface area contributed by atoms with E-state index < -0.39 is 12.0 Å². The van der Waals surface area contributed by atoms with Crippen molar-refractivity contribution >= 4 is 41.6 Å². The smallest absolute Gasteiger partial charge is 0.355 e. The largest absolute Gasteiger partial charge is 0.497 e. The molecule has 1 saturated heterocycles. The maximum absolute atomic E-state index is 12.8. The van der Waals surface area contributed by atoms with E-state index in [1.807, 2.05) is 0 Å². The second-order valence-corrected chi connectivity index (χ2v) is 7.44. The number of hydrogen-bond donors (Lipinski definition) is 1. The molecule has 0 aliphatic carbocycles. The van der Waals surface area contributed by atoms with Crippen LogP contribution in [0.5, 0.6) is 5.75 Å². The summed E-state index contributed by atoms with van der Waals surface area (Å²) in [6.07, 6.45) is 3.93. The van der Waals surface area contributed by atoms with E-state index in [1.165, 1.54) is 16.7 Å². The number of hydrogen-bond acceptors (Lipinski definition) is 6. The lowest BCUT2D eigenvalue weighted by Gasteiger charge is -2.49. The number of methoxy groups -OCH3 is 1. The average Bonchev–Trinajstić information content (AvgIpc) is 2.73. The minimum atomic E-state index is -0.634. The van der Waals surface area contributed by atoms with Crippen LogP contribution in [0.25, 0.3) is 0 Å². The zero-order chi connectivity index (χ0) is 20.1. The van der Waals surface area contributed by atoms with Gasteiger partial charge in [-0.15, -0.1) is 23.4 Å². The van der Waals surface area contributed by atoms with E-state index in [2.05, 4.69) is 5.32 Å². The third-order valence-corrected chi connectivity index (χ3v) is 5.86. The molecular weight excluding hydrogens is 404 g/mol. The number of halogens is 1. The highest BCUT2D eigenvalue weighted by molar-refractivity contribution is 8.00. The highest BCUT2D eigenvalue weighted by Gasteiger charge is 2.53. The monoisotopic (exact) mass is 422 g/mol. The van der Waals surface area contributed by atoms with Crippen LogP contribution in [0.3, 0.4) is 0 Å². The van der Waals surface area contributed by atoms with Crippen molar-refractivity contribution in [2.75, 3.05) is 18.7 Å². The first kappa shape index (κ1) is 20.3. The normalized spacial score (nSPS) is 21.2. The number of alkyl halides is 1. The molecule has 148 valence electrons. The van der Waals surface area contributed by atoms with Crippen LogP contribution in [0.1, 0.15) is 5.56 Å². The number of thioether (sulfide) groups is 1. The maximum Gasteiger partial charge on any atom is 0.355 e. The Bertz CT molecular complexity index is 824. The van der Waals surface area contributed by atoms with Gasteiger partial charge in [0, 0.05) is 11.6 Å². The summed E-state index contributed by atoms with van der Waals surface area (Å²) in [5.74, 6) is 0.574. The van der Waals surface area contributed by atoms with Crippen LogP contribution in [0.15, 0.2) is 47.7 Å². The zero-order valence-corrected chi connectivity index (χ0v) is 16.7. The van der Waals surface area contributed by atoms with Gasteiger partial charge in [-0.05, 0) is 23.3 Å². The van der Waals surface area contributed by atoms with Crippen LogP contribution in [-0.2, 0) is 25.7 Å². The lowest BCUT2D eigenvalue weighted by molar-refractivity contribution is -0.152. The van der Waals surface area contributed by atoms with Crippen LogP contribution in [0, 0.1) is 0 Å². The fourth-order valence-corrected chi connectivity index (χ4v) is 4.40. The van der Waals surface area contributed by atoms with E-state index in [0.717, 1.165) is 5.56 Å². The SMILES string of the molecule is COc1ccc(COC(=O)C2=C(/C=C\CCl)CS[C@@H]3[C@H](NC=O)C(=O)N23)cc1. The van der Waals surface area contributed by atoms with E-state index in [4.69, 9.17) is 21.1 Å². The maximum atomic E-state index is 12.8. The predicted octanol–water partition coefficient (Wildman–Crippen LogP) is 1.82. The van der Waals surface area contributed by atoms with E-state index in [-0.39, 0.29) is 29.5 Å². The van der Waals surface area contributed by atoms with Gasteiger partial charge in [-0.3, -0.25) is 14.5 Å². The van der Waals surface area contributed by atoms with E-state index in [9.17, 15) is 14.4 Å². The number of fused-ring (bicyclic) bond motifs is 1. The molecule has 0 aromatic heterocycles. The van der Waals surface area contributed by atoms with Gasteiger partial charge in [0.15, 0.2) is 0 Å². The summed E-state index contributed by atoms with van der Waals surface area (Å²) in [5, 5.41) is 2.17. The number of allylic oxidation sites excluding steroid dienone is 2. The van der Waals surface area contributed by atoms with Gasteiger partial charge in [0.1, 0.15) is 29.5 Å². The third kappa shape index (κ3) is 4.02. The molecule has 1 aromatic rings. The number of nitrogens with one attached hydrogen (secondary N) is 1. The molecule has 0 spiro atoms. The Kier molecular flexibility index (Phi) is 6.64. The van der Waals surface area contributed by atoms with Gasteiger partial charge in [0.2, 0.25) is 6.41 Å². The standard InChI is InChI=1S/C19H19ClN2O5S/c1-26-14-6-4-12(5-7-14)9-27-19(25)16-13(3-2-8-20)10-28-18-15(21-11-23)17(24)22(16)18/h2-7,11,15,18H,8-10H2,1H3,(H,21,23)/b3-2-/t15-,18-/m1/s1. The molecule has 2 heterocycles. The Morgan fingerprint density at radius 2 is 2.14 bits per heavy atom. The molecule has 2 amide bonds. The number of nitrogens with zero attached hydrogens (tertiary/aromatic N) is 1. The first-order valence-corrected chi connectivity index (χ1v) is 10.1. The quantitative estimate of drug-likeness (QED) is 0.298. The molecule has 28 heavy (non-hydrogen) atoms. The Morgan fingerprint density at radius 1 is 1.39 bits per heavy atom. The van der Waals surface area contributed by atoms with Crippen molar-refractivity contribution in [3.8, 4) is 5.75 Å². The molecular formula is C19H19ClN2O5S. The molecule has 1 aromatic carbocycles. The Balaban J connectivity index is 1.78. The first-order valence-electron chi connectivity index (χ1n) is 8.50. The number of benzene rings is 1. The molecule has 0 saturated carbocycles. The Hall–Kier alpha value is -2.45. The minimum absolute atomic E-state index is 0.0642. The molecule has 1 N–H and O–H groups in total. The van der Waals surface area contributed by atoms with Crippen molar-refractivity contribution in [2.24, 2.45) is 0 Å². The number of rotatable bonds is 8. The van der Waals surface area contributed by atoms with Crippen molar-refractivity contribution in [1.29, 1.82) is 0 Å². The van der Waals surface area contributed by atoms with Gasteiger partial charge in [0.05, 0.1) is 7.11 Å². The van der Waals surface area contributed by atoms with E-state index >= 15 is 0 Å². The summed E-state index contributed by atoms with van der Waals surface area (Å²) in [6, 6.07) is 6.52. The minimum Gasteiger partial charge on any atom is -0.497 e. The Labute approximate surface area is 171 Å². The van der Waals surface area contributed by atoms with Crippen molar-refractivity contribution in [3.05, 3.63) is 53.3 Å². The average molecular weight is 423 g/mol. The van der Waals surface area contributed by atoms with Crippen molar-refractivity contribution < 1.29 is 23.9 Å². The fourth-order valence-electron chi connectivity index (χ4n) is 2.98. The zero-order valence-electron chi connectivity index (χ0n) is 15.1. The van der Waals surface area contributed by atoms with Gasteiger partial charge in [-0.1, -0.05) is 24.3 Å². The van der Waals surface area contributed by atoms with Gasteiger partial charge in [0.25, 0.3) is 5.91 Å². The van der Waals surface area contributed by atoms with Crippen molar-refractivity contribution in [2.45, 2.75) is 18.0 Å². The fraction of sp³-hybridized carbons (Fsp3) is 0.316. The molecule has 0 unspecified atom stereocenters. The van der Waals surface area contributed by atoms with E-state index in [0.29, 0.717) is 23.5 Å². The predicted molar refractivity (Wildman–Crippen MR) is 106 cm³/mol. The van der Waals surface area contributed by atoms with Gasteiger partial charge < -0.3 is 14.8 Å². The summed E-state index contributed by atoms with van der Waals surface area (Å²) in [5.41, 5.74) is 1.66. The summed E-state index contributed by atoms with van der Waals surface area (Å²) in [7, 11) is 1.58. The number of carbonyl (C=O) groups is 3. The van der Waals surface area contributed by atoms with Gasteiger partial charge in [-0.25, -0.2) is 4.79 Å². The number of β-lactam (4-membered cyclic amide) rings is 1. The molecule has 1 fully saturated rings. The lowest BCUT2D eigenvalue weighted by atomic mass is 10.0. The summed E-state index contributed by atoms with van der Waals surface area (Å²) < 4.78 is 10.6. The lowest BCUT2D eigenvalue weighted by Crippen LogP contribution is -2.69. The molecule has 7 nitrogen and oxygen atoms in total. The molecule has 2 aliphatic rings. The molecule has 9 heteroatoms. The van der Waals surface area contributed by atoms with Crippen LogP contribution in [0.2, 0.25) is 0 Å². The van der Waals surface area contributed by atoms with Crippen LogP contribution < -0.4 is 10.1 Å². The number of carbonyl (C=O) groups excluding carboxylic acids is 3. The summed E-state index contributed by atoms with van der Waals surface area (Å²) in [4.78, 5) is 37.4. The Morgan fingerprint density at radius 3 is 2.79 bits per heavy atom. The van der Waals surface area contributed by atoms with Gasteiger partial charge >= 0.3 is 5.97 Å². The molecule has 2 atom stereocenters. The molecule has 2 aliphatic heterocycles. The van der Waals surface area contributed by atoms with Crippen molar-refractivity contribution in [3.63, 3.8) is 0 Å². The molecule has 0 bridgehead atoms. The van der Waals surface area contributed by atoms with Crippen molar-refractivity contribution in [1.82, 2.24) is 10.2 Å². The first-order chi connectivity index (χ1) is 13.6. The highest BCUT2D eigenvalue weighted by atomic mass is 35.5. The molecule has 0 radical (unpaired) electrons. The van der Waals surface area contributed by atoms with Crippen LogP contribution in [0.4, 0.5) is 0 Å². The second kappa shape index (κ2) is 9.16. The van der Waals surface area contributed by atoms with Crippen LogP contribution in [-0.4, -0.2) is 53.3 Å².